The Kier molecular flexibility index (Phi) is 2.99. The van der Waals surface area contributed by atoms with Gasteiger partial charge in [-0.25, -0.2) is 9.78 Å². The van der Waals surface area contributed by atoms with Crippen LogP contribution >= 0.6 is 0 Å². The van der Waals surface area contributed by atoms with E-state index in [1.807, 2.05) is 11.6 Å². The molecule has 0 unspecified atom stereocenters. The number of carbonyl (C=O) groups is 2. The highest BCUT2D eigenvalue weighted by Crippen LogP contribution is 2.15. The molecule has 1 aliphatic rings. The molecule has 7 nitrogen and oxygen atoms in total. The summed E-state index contributed by atoms with van der Waals surface area (Å²) in [5.74, 6) is -0.513. The SMILES string of the molecule is Cn1ccnc1CNC(=O)N1CC(C(=O)O)C1. The van der Waals surface area contributed by atoms with Crippen LogP contribution in [0.15, 0.2) is 12.4 Å². The van der Waals surface area contributed by atoms with E-state index in [4.69, 9.17) is 5.11 Å². The first kappa shape index (κ1) is 11.4. The average molecular weight is 238 g/mol. The third-order valence-electron chi connectivity index (χ3n) is 2.84. The van der Waals surface area contributed by atoms with E-state index in [9.17, 15) is 9.59 Å². The number of likely N-dealkylation sites (tertiary alicyclic amines) is 1. The van der Waals surface area contributed by atoms with Crippen LogP contribution in [0.1, 0.15) is 5.82 Å². The van der Waals surface area contributed by atoms with Gasteiger partial charge in [-0.1, -0.05) is 0 Å². The van der Waals surface area contributed by atoms with Crippen molar-refractivity contribution in [2.24, 2.45) is 13.0 Å². The van der Waals surface area contributed by atoms with E-state index in [0.717, 1.165) is 5.82 Å². The number of hydrogen-bond donors (Lipinski definition) is 2. The number of nitrogens with zero attached hydrogens (tertiary/aromatic N) is 3. The van der Waals surface area contributed by atoms with E-state index in [1.165, 1.54) is 4.90 Å². The number of aliphatic carboxylic acids is 1. The molecule has 0 saturated carbocycles. The molecule has 0 aromatic carbocycles. The minimum atomic E-state index is -0.849. The number of rotatable bonds is 3. The van der Waals surface area contributed by atoms with Crippen LogP contribution in [-0.4, -0.2) is 44.6 Å². The third-order valence-corrected chi connectivity index (χ3v) is 2.84. The second-order valence-electron chi connectivity index (χ2n) is 4.05. The molecule has 0 aliphatic carbocycles. The van der Waals surface area contributed by atoms with E-state index in [2.05, 4.69) is 10.3 Å². The van der Waals surface area contributed by atoms with Gasteiger partial charge in [0.1, 0.15) is 5.82 Å². The highest BCUT2D eigenvalue weighted by molar-refractivity contribution is 5.79. The van der Waals surface area contributed by atoms with Gasteiger partial charge in [0.2, 0.25) is 0 Å². The van der Waals surface area contributed by atoms with Crippen LogP contribution < -0.4 is 5.32 Å². The Labute approximate surface area is 98.0 Å². The number of nitrogens with one attached hydrogen (secondary N) is 1. The second-order valence-corrected chi connectivity index (χ2v) is 4.05. The molecule has 1 fully saturated rings. The average Bonchev–Trinajstić information content (AvgIpc) is 2.58. The Morgan fingerprint density at radius 2 is 2.29 bits per heavy atom. The molecule has 1 saturated heterocycles. The van der Waals surface area contributed by atoms with Gasteiger partial charge in [-0.05, 0) is 0 Å². The molecule has 1 aromatic heterocycles. The zero-order valence-electron chi connectivity index (χ0n) is 9.46. The van der Waals surface area contributed by atoms with Crippen molar-refractivity contribution < 1.29 is 14.7 Å². The first-order valence-corrected chi connectivity index (χ1v) is 5.29. The molecule has 0 radical (unpaired) electrons. The molecule has 2 amide bonds. The summed E-state index contributed by atoms with van der Waals surface area (Å²) < 4.78 is 1.82. The number of amides is 2. The highest BCUT2D eigenvalue weighted by atomic mass is 16.4. The fourth-order valence-electron chi connectivity index (χ4n) is 1.63. The minimum absolute atomic E-state index is 0.245. The molecule has 17 heavy (non-hydrogen) atoms. The van der Waals surface area contributed by atoms with E-state index in [1.54, 1.807) is 12.4 Å². The zero-order chi connectivity index (χ0) is 12.4. The standard InChI is InChI=1S/C10H14N4O3/c1-13-3-2-11-8(13)4-12-10(17)14-5-7(6-14)9(15)16/h2-3,7H,4-6H2,1H3,(H,12,17)(H,15,16). The largest absolute Gasteiger partial charge is 0.481 e. The maximum atomic E-state index is 11.6. The van der Waals surface area contributed by atoms with E-state index < -0.39 is 11.9 Å². The Hall–Kier alpha value is -2.05. The van der Waals surface area contributed by atoms with Gasteiger partial charge in [-0.3, -0.25) is 4.79 Å². The number of carbonyl (C=O) groups excluding carboxylic acids is 1. The molecule has 2 heterocycles. The van der Waals surface area contributed by atoms with Crippen molar-refractivity contribution in [2.75, 3.05) is 13.1 Å². The summed E-state index contributed by atoms with van der Waals surface area (Å²) in [6.45, 7) is 0.903. The number of carboxylic acid groups (broad SMARTS) is 1. The minimum Gasteiger partial charge on any atom is -0.481 e. The topological polar surface area (TPSA) is 87.5 Å². The highest BCUT2D eigenvalue weighted by Gasteiger charge is 2.35. The summed E-state index contributed by atoms with van der Waals surface area (Å²) in [5, 5.41) is 11.4. The molecule has 0 bridgehead atoms. The van der Waals surface area contributed by atoms with E-state index in [0.29, 0.717) is 6.54 Å². The lowest BCUT2D eigenvalue weighted by atomic mass is 10.0. The molecule has 1 aromatic rings. The number of carboxylic acids is 1. The van der Waals surface area contributed by atoms with Crippen LogP contribution in [0.3, 0.4) is 0 Å². The van der Waals surface area contributed by atoms with Gasteiger partial charge in [0.25, 0.3) is 0 Å². The number of aryl methyl sites for hydroxylation is 1. The molecule has 0 atom stereocenters. The maximum Gasteiger partial charge on any atom is 0.317 e. The van der Waals surface area contributed by atoms with Crippen molar-refractivity contribution in [1.82, 2.24) is 19.8 Å². The van der Waals surface area contributed by atoms with Crippen LogP contribution in [0.25, 0.3) is 0 Å². The quantitative estimate of drug-likeness (QED) is 0.753. The summed E-state index contributed by atoms with van der Waals surface area (Å²) in [5.41, 5.74) is 0. The van der Waals surface area contributed by atoms with Crippen molar-refractivity contribution >= 4 is 12.0 Å². The van der Waals surface area contributed by atoms with E-state index in [-0.39, 0.29) is 19.1 Å². The molecule has 1 aliphatic heterocycles. The normalized spacial score (nSPS) is 15.5. The third kappa shape index (κ3) is 2.38. The maximum absolute atomic E-state index is 11.6. The Morgan fingerprint density at radius 3 is 2.82 bits per heavy atom. The number of aromatic nitrogens is 2. The summed E-state index contributed by atoms with van der Waals surface area (Å²) in [4.78, 5) is 27.7. The monoisotopic (exact) mass is 238 g/mol. The Balaban J connectivity index is 1.76. The molecule has 0 spiro atoms. The summed E-state index contributed by atoms with van der Waals surface area (Å²) >= 11 is 0. The molecule has 7 heteroatoms. The molecule has 92 valence electrons. The number of hydrogen-bond acceptors (Lipinski definition) is 3. The number of imidazole rings is 1. The summed E-state index contributed by atoms with van der Waals surface area (Å²) in [7, 11) is 1.85. The van der Waals surface area contributed by atoms with Crippen LogP contribution in [0, 0.1) is 5.92 Å². The predicted octanol–water partition coefficient (Wildman–Crippen LogP) is -0.354. The van der Waals surface area contributed by atoms with Crippen molar-refractivity contribution in [3.05, 3.63) is 18.2 Å². The van der Waals surface area contributed by atoms with Gasteiger partial charge in [0.15, 0.2) is 0 Å². The lowest BCUT2D eigenvalue weighted by Gasteiger charge is -2.36. The van der Waals surface area contributed by atoms with Gasteiger partial charge in [0, 0.05) is 32.5 Å². The van der Waals surface area contributed by atoms with Crippen LogP contribution in [-0.2, 0) is 18.4 Å². The van der Waals surface area contributed by atoms with Gasteiger partial charge in [-0.2, -0.15) is 0 Å². The Bertz CT molecular complexity index is 437. The van der Waals surface area contributed by atoms with Crippen molar-refractivity contribution in [3.63, 3.8) is 0 Å². The van der Waals surface area contributed by atoms with Crippen molar-refractivity contribution in [2.45, 2.75) is 6.54 Å². The summed E-state index contributed by atoms with van der Waals surface area (Å²) in [6, 6.07) is -0.245. The predicted molar refractivity (Wildman–Crippen MR) is 58.1 cm³/mol. The lowest BCUT2D eigenvalue weighted by molar-refractivity contribution is -0.146. The van der Waals surface area contributed by atoms with Gasteiger partial charge < -0.3 is 19.9 Å². The fourth-order valence-corrected chi connectivity index (χ4v) is 1.63. The van der Waals surface area contributed by atoms with Gasteiger partial charge in [0.05, 0.1) is 12.5 Å². The Morgan fingerprint density at radius 1 is 1.59 bits per heavy atom. The molecule has 2 rings (SSSR count). The van der Waals surface area contributed by atoms with Crippen LogP contribution in [0.5, 0.6) is 0 Å². The first-order valence-electron chi connectivity index (χ1n) is 5.29. The number of urea groups is 1. The van der Waals surface area contributed by atoms with Gasteiger partial charge >= 0.3 is 12.0 Å². The van der Waals surface area contributed by atoms with E-state index >= 15 is 0 Å². The van der Waals surface area contributed by atoms with Crippen molar-refractivity contribution in [3.8, 4) is 0 Å². The molecular weight excluding hydrogens is 224 g/mol. The summed E-state index contributed by atoms with van der Waals surface area (Å²) in [6.07, 6.45) is 3.46. The second kappa shape index (κ2) is 4.44. The first-order chi connectivity index (χ1) is 8.08. The lowest BCUT2D eigenvalue weighted by Crippen LogP contribution is -2.56. The molecule has 2 N–H and O–H groups in total. The van der Waals surface area contributed by atoms with Crippen LogP contribution in [0.2, 0.25) is 0 Å². The fraction of sp³-hybridized carbons (Fsp3) is 0.500. The molecular formula is C10H14N4O3. The zero-order valence-corrected chi connectivity index (χ0v) is 9.46. The van der Waals surface area contributed by atoms with Gasteiger partial charge in [-0.15, -0.1) is 0 Å². The van der Waals surface area contributed by atoms with Crippen LogP contribution in [0.4, 0.5) is 4.79 Å². The van der Waals surface area contributed by atoms with Crippen molar-refractivity contribution in [1.29, 1.82) is 0 Å². The smallest absolute Gasteiger partial charge is 0.317 e.